The summed E-state index contributed by atoms with van der Waals surface area (Å²) in [5.41, 5.74) is 2.26. The van der Waals surface area contributed by atoms with E-state index in [9.17, 15) is 14.4 Å². The van der Waals surface area contributed by atoms with Gasteiger partial charge in [-0.2, -0.15) is 5.26 Å². The van der Waals surface area contributed by atoms with Crippen LogP contribution in [0.15, 0.2) is 48.5 Å². The molecule has 4 atom stereocenters. The number of nitrogens with zero attached hydrogens (tertiary/aromatic N) is 1. The van der Waals surface area contributed by atoms with Crippen molar-refractivity contribution < 1.29 is 9.18 Å². The molecule has 0 unspecified atom stereocenters. The lowest BCUT2D eigenvalue weighted by atomic mass is 9.88. The zero-order chi connectivity index (χ0) is 18.8. The van der Waals surface area contributed by atoms with Gasteiger partial charge < -0.3 is 5.32 Å². The van der Waals surface area contributed by atoms with Crippen LogP contribution in [0.25, 0.3) is 11.1 Å². The molecule has 0 amide bonds. The van der Waals surface area contributed by atoms with Crippen molar-refractivity contribution >= 4 is 5.78 Å². The van der Waals surface area contributed by atoms with Crippen molar-refractivity contribution in [1.82, 2.24) is 5.32 Å². The quantitative estimate of drug-likeness (QED) is 0.835. The van der Waals surface area contributed by atoms with Crippen LogP contribution in [0.3, 0.4) is 0 Å². The van der Waals surface area contributed by atoms with Gasteiger partial charge in [0.05, 0.1) is 18.0 Å². The maximum absolute atomic E-state index is 14.6. The number of piperidine rings is 1. The van der Waals surface area contributed by atoms with Gasteiger partial charge in [-0.1, -0.05) is 42.5 Å². The second kappa shape index (κ2) is 7.62. The second-order valence-corrected chi connectivity index (χ2v) is 7.79. The van der Waals surface area contributed by atoms with Gasteiger partial charge in [-0.3, -0.25) is 4.79 Å². The van der Waals surface area contributed by atoms with Gasteiger partial charge in [-0.15, -0.1) is 0 Å². The molecule has 27 heavy (non-hydrogen) atoms. The molecular weight excluding hydrogens is 339 g/mol. The Labute approximate surface area is 159 Å². The van der Waals surface area contributed by atoms with E-state index in [-0.39, 0.29) is 30.5 Å². The van der Waals surface area contributed by atoms with E-state index in [0.717, 1.165) is 30.4 Å². The van der Waals surface area contributed by atoms with Crippen LogP contribution >= 0.6 is 0 Å². The third-order valence-corrected chi connectivity index (χ3v) is 5.96. The molecule has 4 heteroatoms. The summed E-state index contributed by atoms with van der Waals surface area (Å²) in [5, 5.41) is 12.9. The molecule has 2 aromatic rings. The fraction of sp³-hybridized carbons (Fsp3) is 0.391. The lowest BCUT2D eigenvalue weighted by molar-refractivity contribution is -0.122. The van der Waals surface area contributed by atoms with E-state index in [1.54, 1.807) is 6.07 Å². The Hall–Kier alpha value is -2.51. The number of fused-ring (bicyclic) bond motifs is 2. The molecule has 1 aliphatic carbocycles. The SMILES string of the molecule is N#C[C@@H](CC(=O)[C@H]1N[C@@H]2CC[C@H]1C2)Cc1ccc(-c2ccccc2)cc1F. The summed E-state index contributed by atoms with van der Waals surface area (Å²) >= 11 is 0. The van der Waals surface area contributed by atoms with E-state index in [4.69, 9.17) is 0 Å². The highest BCUT2D eigenvalue weighted by atomic mass is 19.1. The zero-order valence-electron chi connectivity index (χ0n) is 15.2. The van der Waals surface area contributed by atoms with Crippen molar-refractivity contribution in [3.63, 3.8) is 0 Å². The third kappa shape index (κ3) is 3.79. The molecule has 3 nitrogen and oxygen atoms in total. The van der Waals surface area contributed by atoms with E-state index in [0.29, 0.717) is 17.5 Å². The number of rotatable bonds is 6. The van der Waals surface area contributed by atoms with Gasteiger partial charge in [0.15, 0.2) is 5.78 Å². The maximum Gasteiger partial charge on any atom is 0.151 e. The van der Waals surface area contributed by atoms with Crippen LogP contribution < -0.4 is 5.32 Å². The Morgan fingerprint density at radius 3 is 2.63 bits per heavy atom. The highest BCUT2D eigenvalue weighted by Crippen LogP contribution is 2.36. The molecule has 1 heterocycles. The average Bonchev–Trinajstić information content (AvgIpc) is 3.33. The summed E-state index contributed by atoms with van der Waals surface area (Å²) < 4.78 is 14.6. The summed E-state index contributed by atoms with van der Waals surface area (Å²) in [6.45, 7) is 0. The Morgan fingerprint density at radius 1 is 1.19 bits per heavy atom. The molecular formula is C23H23FN2O. The van der Waals surface area contributed by atoms with Crippen molar-refractivity contribution in [3.8, 4) is 17.2 Å². The van der Waals surface area contributed by atoms with Crippen LogP contribution in [0.4, 0.5) is 4.39 Å². The minimum Gasteiger partial charge on any atom is -0.304 e. The molecule has 138 valence electrons. The number of carbonyl (C=O) groups excluding carboxylic acids is 1. The van der Waals surface area contributed by atoms with Crippen molar-refractivity contribution in [3.05, 3.63) is 59.9 Å². The molecule has 0 radical (unpaired) electrons. The van der Waals surface area contributed by atoms with Crippen LogP contribution in [-0.2, 0) is 11.2 Å². The van der Waals surface area contributed by atoms with Gasteiger partial charge >= 0.3 is 0 Å². The Bertz CT molecular complexity index is 874. The van der Waals surface area contributed by atoms with E-state index in [1.807, 2.05) is 36.4 Å². The van der Waals surface area contributed by atoms with Crippen LogP contribution in [0.2, 0.25) is 0 Å². The van der Waals surface area contributed by atoms with E-state index in [1.165, 1.54) is 6.07 Å². The zero-order valence-corrected chi connectivity index (χ0v) is 15.2. The standard InChI is InChI=1S/C23H23FN2O/c24-21-13-17(16-4-2-1-3-5-16)6-7-18(21)10-15(14-25)11-22(27)23-19-8-9-20(12-19)26-23/h1-7,13,15,19-20,23,26H,8-12H2/t15-,19+,20-,23+/m1/s1. The summed E-state index contributed by atoms with van der Waals surface area (Å²) in [6.07, 6.45) is 3.78. The van der Waals surface area contributed by atoms with Gasteiger partial charge in [0.1, 0.15) is 5.82 Å². The number of nitrogens with one attached hydrogen (secondary N) is 1. The topological polar surface area (TPSA) is 52.9 Å². The van der Waals surface area contributed by atoms with Gasteiger partial charge in [-0.05, 0) is 54.4 Å². The first-order valence-electron chi connectivity index (χ1n) is 9.66. The summed E-state index contributed by atoms with van der Waals surface area (Å²) in [6, 6.07) is 17.3. The van der Waals surface area contributed by atoms with Crippen molar-refractivity contribution in [2.75, 3.05) is 0 Å². The fourth-order valence-corrected chi connectivity index (χ4v) is 4.54. The molecule has 2 aromatic carbocycles. The molecule has 1 saturated carbocycles. The largest absolute Gasteiger partial charge is 0.304 e. The van der Waals surface area contributed by atoms with Crippen LogP contribution in [0.1, 0.15) is 31.2 Å². The molecule has 0 spiro atoms. The minimum absolute atomic E-state index is 0.107. The average molecular weight is 362 g/mol. The summed E-state index contributed by atoms with van der Waals surface area (Å²) in [5.74, 6) is -0.281. The number of Topliss-reactive ketones (excluding diaryl/α,β-unsaturated/α-hetero) is 1. The van der Waals surface area contributed by atoms with Gasteiger partial charge in [0.2, 0.25) is 0 Å². The Balaban J connectivity index is 1.42. The summed E-state index contributed by atoms with van der Waals surface area (Å²) in [4.78, 5) is 12.6. The van der Waals surface area contributed by atoms with Gasteiger partial charge in [0, 0.05) is 12.5 Å². The molecule has 2 fully saturated rings. The lowest BCUT2D eigenvalue weighted by Gasteiger charge is -2.22. The Morgan fingerprint density at radius 2 is 2.00 bits per heavy atom. The monoisotopic (exact) mass is 362 g/mol. The molecule has 0 aromatic heterocycles. The normalized spacial score (nSPS) is 24.5. The molecule has 1 saturated heterocycles. The van der Waals surface area contributed by atoms with Crippen molar-refractivity contribution in [2.24, 2.45) is 11.8 Å². The Kier molecular flexibility index (Phi) is 5.05. The first-order chi connectivity index (χ1) is 13.1. The number of carbonyl (C=O) groups is 1. The molecule has 1 aliphatic heterocycles. The first-order valence-corrected chi connectivity index (χ1v) is 9.66. The van der Waals surface area contributed by atoms with Gasteiger partial charge in [-0.25, -0.2) is 4.39 Å². The van der Waals surface area contributed by atoms with Crippen LogP contribution in [-0.4, -0.2) is 17.9 Å². The van der Waals surface area contributed by atoms with E-state index < -0.39 is 5.92 Å². The third-order valence-electron chi connectivity index (χ3n) is 5.96. The lowest BCUT2D eigenvalue weighted by Crippen LogP contribution is -2.42. The van der Waals surface area contributed by atoms with Crippen molar-refractivity contribution in [2.45, 2.75) is 44.2 Å². The highest BCUT2D eigenvalue weighted by molar-refractivity contribution is 5.85. The number of ketones is 1. The van der Waals surface area contributed by atoms with Crippen molar-refractivity contribution in [1.29, 1.82) is 5.26 Å². The number of halogens is 1. The van der Waals surface area contributed by atoms with Crippen LogP contribution in [0.5, 0.6) is 0 Å². The minimum atomic E-state index is -0.490. The smallest absolute Gasteiger partial charge is 0.151 e. The number of hydrogen-bond acceptors (Lipinski definition) is 3. The number of benzene rings is 2. The fourth-order valence-electron chi connectivity index (χ4n) is 4.54. The number of hydrogen-bond donors (Lipinski definition) is 1. The molecule has 1 N–H and O–H groups in total. The predicted molar refractivity (Wildman–Crippen MR) is 102 cm³/mol. The molecule has 4 rings (SSSR count). The van der Waals surface area contributed by atoms with Crippen LogP contribution in [0, 0.1) is 29.0 Å². The molecule has 2 aliphatic rings. The van der Waals surface area contributed by atoms with E-state index in [2.05, 4.69) is 11.4 Å². The maximum atomic E-state index is 14.6. The predicted octanol–water partition coefficient (Wildman–Crippen LogP) is 4.27. The summed E-state index contributed by atoms with van der Waals surface area (Å²) in [7, 11) is 0. The molecule has 2 bridgehead atoms. The van der Waals surface area contributed by atoms with Gasteiger partial charge in [0.25, 0.3) is 0 Å². The first kappa shape index (κ1) is 17.9. The number of nitriles is 1. The highest BCUT2D eigenvalue weighted by Gasteiger charge is 2.42. The second-order valence-electron chi connectivity index (χ2n) is 7.79. The van der Waals surface area contributed by atoms with E-state index >= 15 is 0 Å².